The third-order valence-corrected chi connectivity index (χ3v) is 7.18. The Morgan fingerprint density at radius 2 is 1.66 bits per heavy atom. The number of carbonyl (C=O) groups excluding carboxylic acids is 2. The fourth-order valence-corrected chi connectivity index (χ4v) is 5.83. The Hall–Kier alpha value is -2.73. The van der Waals surface area contributed by atoms with Gasteiger partial charge in [-0.05, 0) is 30.9 Å². The van der Waals surface area contributed by atoms with Gasteiger partial charge in [-0.3, -0.25) is 4.79 Å². The highest BCUT2D eigenvalue weighted by Crippen LogP contribution is 2.43. The normalized spacial score (nSPS) is 21.3. The summed E-state index contributed by atoms with van der Waals surface area (Å²) in [5, 5.41) is 0. The van der Waals surface area contributed by atoms with E-state index in [4.69, 9.17) is 4.74 Å². The summed E-state index contributed by atoms with van der Waals surface area (Å²) in [7, 11) is 0. The zero-order valence-electron chi connectivity index (χ0n) is 18.5. The minimum atomic E-state index is -0.140. The standard InChI is InChI=1S/C26H30N2O3S/c1-2-31-24(29)16-10-9-15-23-25-22(19-32-23)27(17-20-11-5-3-6-12-20)26(30)28(25)18-21-13-7-4-8-14-21/h3-8,11-15,22,25H,2,9-10,16-19H2,1H3/t22-,25-/m0/s1. The van der Waals surface area contributed by atoms with Gasteiger partial charge in [0.2, 0.25) is 0 Å². The van der Waals surface area contributed by atoms with Gasteiger partial charge < -0.3 is 14.5 Å². The van der Waals surface area contributed by atoms with E-state index in [2.05, 4.69) is 30.3 Å². The number of allylic oxidation sites excluding steroid dienone is 1. The maximum Gasteiger partial charge on any atom is 0.321 e. The van der Waals surface area contributed by atoms with Gasteiger partial charge in [-0.1, -0.05) is 66.7 Å². The van der Waals surface area contributed by atoms with Crippen LogP contribution in [-0.4, -0.2) is 46.2 Å². The topological polar surface area (TPSA) is 49.9 Å². The number of benzene rings is 2. The molecule has 2 amide bonds. The first-order chi connectivity index (χ1) is 15.7. The number of rotatable bonds is 9. The van der Waals surface area contributed by atoms with Gasteiger partial charge in [0, 0.05) is 30.2 Å². The van der Waals surface area contributed by atoms with Gasteiger partial charge in [-0.15, -0.1) is 11.8 Å². The van der Waals surface area contributed by atoms with E-state index in [-0.39, 0.29) is 24.1 Å². The maximum absolute atomic E-state index is 13.5. The molecule has 6 heteroatoms. The fourth-order valence-electron chi connectivity index (χ4n) is 4.41. The van der Waals surface area contributed by atoms with Crippen molar-refractivity contribution >= 4 is 23.8 Å². The van der Waals surface area contributed by atoms with E-state index < -0.39 is 0 Å². The van der Waals surface area contributed by atoms with Crippen LogP contribution < -0.4 is 0 Å². The van der Waals surface area contributed by atoms with Crippen LogP contribution in [0.2, 0.25) is 0 Å². The highest BCUT2D eigenvalue weighted by molar-refractivity contribution is 8.03. The number of hydrogen-bond donors (Lipinski definition) is 0. The summed E-state index contributed by atoms with van der Waals surface area (Å²) in [6, 6.07) is 20.7. The number of thioether (sulfide) groups is 1. The molecule has 2 aliphatic rings. The molecule has 2 aromatic rings. The first kappa shape index (κ1) is 22.5. The molecule has 0 radical (unpaired) electrons. The summed E-state index contributed by atoms with van der Waals surface area (Å²) in [6.45, 7) is 3.48. The van der Waals surface area contributed by atoms with Gasteiger partial charge >= 0.3 is 12.0 Å². The number of carbonyl (C=O) groups is 2. The minimum Gasteiger partial charge on any atom is -0.466 e. The molecule has 168 valence electrons. The predicted molar refractivity (Wildman–Crippen MR) is 128 cm³/mol. The Morgan fingerprint density at radius 1 is 1.03 bits per heavy atom. The van der Waals surface area contributed by atoms with E-state index in [0.717, 1.165) is 29.7 Å². The number of fused-ring (bicyclic) bond motifs is 1. The number of unbranched alkanes of at least 4 members (excludes halogenated alkanes) is 1. The lowest BCUT2D eigenvalue weighted by molar-refractivity contribution is -0.143. The second-order valence-corrected chi connectivity index (χ2v) is 9.23. The molecule has 2 aliphatic heterocycles. The van der Waals surface area contributed by atoms with Gasteiger partial charge in [-0.25, -0.2) is 4.79 Å². The SMILES string of the molecule is CCOC(=O)CCCC=C1SC[C@H]2[C@@H]1N(Cc1ccccc1)C(=O)N2Cc1ccccc1. The molecule has 0 unspecified atom stereocenters. The summed E-state index contributed by atoms with van der Waals surface area (Å²) in [6.07, 6.45) is 4.24. The van der Waals surface area contributed by atoms with Crippen molar-refractivity contribution in [3.8, 4) is 0 Å². The zero-order valence-corrected chi connectivity index (χ0v) is 19.3. The maximum atomic E-state index is 13.5. The monoisotopic (exact) mass is 450 g/mol. The summed E-state index contributed by atoms with van der Waals surface area (Å²) >= 11 is 1.84. The average Bonchev–Trinajstić information content (AvgIpc) is 3.33. The number of amides is 2. The van der Waals surface area contributed by atoms with Crippen molar-refractivity contribution in [1.82, 2.24) is 9.80 Å². The van der Waals surface area contributed by atoms with Gasteiger partial charge in [0.1, 0.15) is 0 Å². The molecule has 2 fully saturated rings. The second kappa shape index (κ2) is 10.7. The average molecular weight is 451 g/mol. The van der Waals surface area contributed by atoms with Crippen LogP contribution >= 0.6 is 11.8 Å². The van der Waals surface area contributed by atoms with E-state index >= 15 is 0 Å². The largest absolute Gasteiger partial charge is 0.466 e. The zero-order chi connectivity index (χ0) is 22.3. The number of nitrogens with zero attached hydrogens (tertiary/aromatic N) is 2. The van der Waals surface area contributed by atoms with E-state index in [1.807, 2.05) is 64.9 Å². The molecule has 0 spiro atoms. The molecule has 32 heavy (non-hydrogen) atoms. The Bertz CT molecular complexity index is 948. The molecular weight excluding hydrogens is 420 g/mol. The summed E-state index contributed by atoms with van der Waals surface area (Å²) in [4.78, 5) is 30.5. The molecule has 0 N–H and O–H groups in total. The lowest BCUT2D eigenvalue weighted by Crippen LogP contribution is -2.35. The molecule has 4 rings (SSSR count). The van der Waals surface area contributed by atoms with Crippen LogP contribution in [0.3, 0.4) is 0 Å². The smallest absolute Gasteiger partial charge is 0.321 e. The van der Waals surface area contributed by atoms with Crippen LogP contribution in [0.1, 0.15) is 37.3 Å². The highest BCUT2D eigenvalue weighted by atomic mass is 32.2. The first-order valence-electron chi connectivity index (χ1n) is 11.3. The van der Waals surface area contributed by atoms with Crippen molar-refractivity contribution in [1.29, 1.82) is 0 Å². The quantitative estimate of drug-likeness (QED) is 0.298. The van der Waals surface area contributed by atoms with Crippen molar-refractivity contribution in [3.63, 3.8) is 0 Å². The van der Waals surface area contributed by atoms with E-state index in [1.165, 1.54) is 4.91 Å². The Labute approximate surface area is 194 Å². The van der Waals surface area contributed by atoms with Crippen LogP contribution in [0.25, 0.3) is 0 Å². The van der Waals surface area contributed by atoms with Crippen LogP contribution in [0.4, 0.5) is 4.79 Å². The molecule has 0 aliphatic carbocycles. The number of esters is 1. The van der Waals surface area contributed by atoms with Crippen molar-refractivity contribution < 1.29 is 14.3 Å². The van der Waals surface area contributed by atoms with E-state index in [9.17, 15) is 9.59 Å². The molecule has 2 saturated heterocycles. The minimum absolute atomic E-state index is 0.0685. The fraction of sp³-hybridized carbons (Fsp3) is 0.385. The lowest BCUT2D eigenvalue weighted by Gasteiger charge is -2.23. The van der Waals surface area contributed by atoms with Crippen LogP contribution in [0, 0.1) is 0 Å². The molecule has 0 saturated carbocycles. The highest BCUT2D eigenvalue weighted by Gasteiger charge is 2.50. The third-order valence-electron chi connectivity index (χ3n) is 5.93. The molecule has 0 bridgehead atoms. The van der Waals surface area contributed by atoms with Crippen molar-refractivity contribution in [2.75, 3.05) is 12.4 Å². The molecule has 5 nitrogen and oxygen atoms in total. The van der Waals surface area contributed by atoms with Gasteiger partial charge in [0.25, 0.3) is 0 Å². The summed E-state index contributed by atoms with van der Waals surface area (Å²) in [5.41, 5.74) is 2.29. The lowest BCUT2D eigenvalue weighted by atomic mass is 10.1. The second-order valence-electron chi connectivity index (χ2n) is 8.14. The van der Waals surface area contributed by atoms with Crippen molar-refractivity contribution in [3.05, 3.63) is 82.8 Å². The summed E-state index contributed by atoms with van der Waals surface area (Å²) < 4.78 is 5.03. The number of hydrogen-bond acceptors (Lipinski definition) is 4. The molecular formula is C26H30N2O3S. The van der Waals surface area contributed by atoms with E-state index in [0.29, 0.717) is 26.1 Å². The van der Waals surface area contributed by atoms with Gasteiger partial charge in [-0.2, -0.15) is 0 Å². The van der Waals surface area contributed by atoms with Crippen LogP contribution in [-0.2, 0) is 22.6 Å². The molecule has 2 aromatic carbocycles. The van der Waals surface area contributed by atoms with Gasteiger partial charge in [0.15, 0.2) is 0 Å². The number of urea groups is 1. The predicted octanol–water partition coefficient (Wildman–Crippen LogP) is 5.23. The first-order valence-corrected chi connectivity index (χ1v) is 12.3. The third kappa shape index (κ3) is 5.18. The Kier molecular flexibility index (Phi) is 7.53. The summed E-state index contributed by atoms with van der Waals surface area (Å²) in [5.74, 6) is 0.761. The molecule has 0 aromatic heterocycles. The van der Waals surface area contributed by atoms with Gasteiger partial charge in [0.05, 0.1) is 18.7 Å². The Morgan fingerprint density at radius 3 is 2.28 bits per heavy atom. The Balaban J connectivity index is 1.51. The molecule has 2 atom stereocenters. The van der Waals surface area contributed by atoms with E-state index in [1.54, 1.807) is 0 Å². The van der Waals surface area contributed by atoms with Crippen molar-refractivity contribution in [2.45, 2.75) is 51.4 Å². The van der Waals surface area contributed by atoms with Crippen molar-refractivity contribution in [2.24, 2.45) is 0 Å². The van der Waals surface area contributed by atoms with Crippen LogP contribution in [0.5, 0.6) is 0 Å². The number of ether oxygens (including phenoxy) is 1. The molecule has 2 heterocycles. The van der Waals surface area contributed by atoms with Crippen LogP contribution in [0.15, 0.2) is 71.6 Å².